The molecule has 2 aromatic rings. The number of methoxy groups -OCH3 is 1. The summed E-state index contributed by atoms with van der Waals surface area (Å²) in [6.07, 6.45) is 1.58. The van der Waals surface area contributed by atoms with Gasteiger partial charge in [-0.25, -0.2) is 5.43 Å². The predicted octanol–water partition coefficient (Wildman–Crippen LogP) is 4.15. The number of benzene rings is 2. The molecular formula is C18H19BrN2O2S. The molecule has 1 amide bonds. The molecule has 0 bridgehead atoms. The van der Waals surface area contributed by atoms with E-state index in [-0.39, 0.29) is 5.91 Å². The van der Waals surface area contributed by atoms with Crippen LogP contribution >= 0.6 is 27.7 Å². The molecule has 0 saturated heterocycles. The van der Waals surface area contributed by atoms with Gasteiger partial charge in [0.05, 0.1) is 19.1 Å². The normalized spacial score (nSPS) is 10.8. The minimum Gasteiger partial charge on any atom is -0.496 e. The van der Waals surface area contributed by atoms with Gasteiger partial charge < -0.3 is 4.74 Å². The fourth-order valence-electron chi connectivity index (χ4n) is 1.96. The van der Waals surface area contributed by atoms with Crippen molar-refractivity contribution in [1.29, 1.82) is 0 Å². The zero-order valence-electron chi connectivity index (χ0n) is 13.6. The SMILES string of the molecule is COc1ccc(Br)cc1/C=N\NC(=O)CSCc1ccc(C)cc1. The summed E-state index contributed by atoms with van der Waals surface area (Å²) >= 11 is 4.96. The minimum absolute atomic E-state index is 0.127. The molecule has 0 aliphatic heterocycles. The average Bonchev–Trinajstić information content (AvgIpc) is 2.57. The summed E-state index contributed by atoms with van der Waals surface area (Å²) in [6.45, 7) is 2.06. The largest absolute Gasteiger partial charge is 0.496 e. The highest BCUT2D eigenvalue weighted by molar-refractivity contribution is 9.10. The number of aryl methyl sites for hydroxylation is 1. The van der Waals surface area contributed by atoms with Crippen LogP contribution in [-0.4, -0.2) is 25.0 Å². The lowest BCUT2D eigenvalue weighted by molar-refractivity contribution is -0.118. The van der Waals surface area contributed by atoms with Crippen molar-refractivity contribution in [1.82, 2.24) is 5.43 Å². The molecule has 0 heterocycles. The van der Waals surface area contributed by atoms with Crippen LogP contribution in [0.2, 0.25) is 0 Å². The standard InChI is InChI=1S/C18H19BrN2O2S/c1-13-3-5-14(6-4-13)11-24-12-18(22)21-20-10-15-9-16(19)7-8-17(15)23-2/h3-10H,11-12H2,1-2H3,(H,21,22)/b20-10-. The molecule has 0 aliphatic carbocycles. The van der Waals surface area contributed by atoms with Gasteiger partial charge in [0.25, 0.3) is 0 Å². The van der Waals surface area contributed by atoms with E-state index in [4.69, 9.17) is 4.74 Å². The monoisotopic (exact) mass is 406 g/mol. The summed E-state index contributed by atoms with van der Waals surface area (Å²) < 4.78 is 6.17. The Morgan fingerprint density at radius 2 is 2.04 bits per heavy atom. The average molecular weight is 407 g/mol. The Bertz CT molecular complexity index is 717. The molecule has 4 nitrogen and oxygen atoms in total. The Kier molecular flexibility index (Phi) is 7.34. The summed E-state index contributed by atoms with van der Waals surface area (Å²) in [5.41, 5.74) is 5.77. The fourth-order valence-corrected chi connectivity index (χ4v) is 3.12. The van der Waals surface area contributed by atoms with E-state index in [1.54, 1.807) is 25.1 Å². The van der Waals surface area contributed by atoms with Crippen LogP contribution in [-0.2, 0) is 10.5 Å². The molecule has 126 valence electrons. The molecule has 0 spiro atoms. The summed E-state index contributed by atoms with van der Waals surface area (Å²) in [5.74, 6) is 1.74. The number of carbonyl (C=O) groups excluding carboxylic acids is 1. The Balaban J connectivity index is 1.78. The van der Waals surface area contributed by atoms with E-state index in [0.29, 0.717) is 11.5 Å². The first kappa shape index (κ1) is 18.5. The number of nitrogens with one attached hydrogen (secondary N) is 1. The third-order valence-corrected chi connectivity index (χ3v) is 4.70. The van der Waals surface area contributed by atoms with Crippen molar-refractivity contribution in [2.24, 2.45) is 5.10 Å². The third-order valence-electron chi connectivity index (χ3n) is 3.21. The number of carbonyl (C=O) groups is 1. The van der Waals surface area contributed by atoms with Gasteiger partial charge in [0.15, 0.2) is 0 Å². The number of amides is 1. The van der Waals surface area contributed by atoms with E-state index in [2.05, 4.69) is 57.6 Å². The first-order valence-electron chi connectivity index (χ1n) is 7.37. The Morgan fingerprint density at radius 1 is 1.29 bits per heavy atom. The quantitative estimate of drug-likeness (QED) is 0.554. The molecular weight excluding hydrogens is 388 g/mol. The van der Waals surface area contributed by atoms with Gasteiger partial charge in [0.1, 0.15) is 5.75 Å². The van der Waals surface area contributed by atoms with Gasteiger partial charge in [0.2, 0.25) is 5.91 Å². The molecule has 0 saturated carbocycles. The van der Waals surface area contributed by atoms with Gasteiger partial charge in [-0.2, -0.15) is 5.10 Å². The van der Waals surface area contributed by atoms with Crippen molar-refractivity contribution in [2.75, 3.05) is 12.9 Å². The zero-order valence-corrected chi connectivity index (χ0v) is 16.0. The second kappa shape index (κ2) is 9.49. The van der Waals surface area contributed by atoms with Crippen LogP contribution in [0.3, 0.4) is 0 Å². The lowest BCUT2D eigenvalue weighted by atomic mass is 10.2. The summed E-state index contributed by atoms with van der Waals surface area (Å²) in [7, 11) is 1.60. The number of halogens is 1. The van der Waals surface area contributed by atoms with E-state index < -0.39 is 0 Å². The number of hydrogen-bond donors (Lipinski definition) is 1. The molecule has 2 aromatic carbocycles. The van der Waals surface area contributed by atoms with Gasteiger partial charge in [-0.3, -0.25) is 4.79 Å². The topological polar surface area (TPSA) is 50.7 Å². The van der Waals surface area contributed by atoms with Gasteiger partial charge in [-0.05, 0) is 30.7 Å². The van der Waals surface area contributed by atoms with Crippen LogP contribution in [0.1, 0.15) is 16.7 Å². The Labute approximate surface area is 154 Å². The number of thioether (sulfide) groups is 1. The number of rotatable bonds is 7. The van der Waals surface area contributed by atoms with Crippen molar-refractivity contribution >= 4 is 39.8 Å². The maximum atomic E-state index is 11.8. The number of hydrazone groups is 1. The van der Waals surface area contributed by atoms with E-state index >= 15 is 0 Å². The number of ether oxygens (including phenoxy) is 1. The highest BCUT2D eigenvalue weighted by Crippen LogP contribution is 2.21. The van der Waals surface area contributed by atoms with Crippen LogP contribution in [0.4, 0.5) is 0 Å². The first-order valence-corrected chi connectivity index (χ1v) is 9.32. The van der Waals surface area contributed by atoms with Gasteiger partial charge in [-0.1, -0.05) is 45.8 Å². The van der Waals surface area contributed by atoms with E-state index in [0.717, 1.165) is 15.8 Å². The van der Waals surface area contributed by atoms with Crippen LogP contribution < -0.4 is 10.2 Å². The molecule has 0 aliphatic rings. The molecule has 0 fully saturated rings. The Morgan fingerprint density at radius 3 is 2.75 bits per heavy atom. The third kappa shape index (κ3) is 6.02. The van der Waals surface area contributed by atoms with Gasteiger partial charge in [0, 0.05) is 15.8 Å². The second-order valence-electron chi connectivity index (χ2n) is 5.16. The predicted molar refractivity (Wildman–Crippen MR) is 104 cm³/mol. The summed E-state index contributed by atoms with van der Waals surface area (Å²) in [5, 5.41) is 3.99. The minimum atomic E-state index is -0.127. The van der Waals surface area contributed by atoms with Crippen molar-refractivity contribution in [3.63, 3.8) is 0 Å². The van der Waals surface area contributed by atoms with Gasteiger partial charge in [-0.15, -0.1) is 11.8 Å². The lowest BCUT2D eigenvalue weighted by Crippen LogP contribution is -2.19. The van der Waals surface area contributed by atoms with Crippen molar-refractivity contribution in [3.05, 3.63) is 63.6 Å². The smallest absolute Gasteiger partial charge is 0.250 e. The molecule has 24 heavy (non-hydrogen) atoms. The van der Waals surface area contributed by atoms with Crippen molar-refractivity contribution < 1.29 is 9.53 Å². The van der Waals surface area contributed by atoms with Crippen molar-refractivity contribution in [3.8, 4) is 5.75 Å². The highest BCUT2D eigenvalue weighted by atomic mass is 79.9. The second-order valence-corrected chi connectivity index (χ2v) is 7.06. The Hall–Kier alpha value is -1.79. The molecule has 1 N–H and O–H groups in total. The van der Waals surface area contributed by atoms with Crippen LogP contribution in [0.5, 0.6) is 5.75 Å². The zero-order chi connectivity index (χ0) is 17.4. The summed E-state index contributed by atoms with van der Waals surface area (Å²) in [6, 6.07) is 13.9. The van der Waals surface area contributed by atoms with Gasteiger partial charge >= 0.3 is 0 Å². The number of nitrogens with zero attached hydrogens (tertiary/aromatic N) is 1. The summed E-state index contributed by atoms with van der Waals surface area (Å²) in [4.78, 5) is 11.8. The molecule has 6 heteroatoms. The molecule has 0 atom stereocenters. The highest BCUT2D eigenvalue weighted by Gasteiger charge is 2.03. The molecule has 0 unspecified atom stereocenters. The van der Waals surface area contributed by atoms with Crippen LogP contribution in [0.15, 0.2) is 52.0 Å². The van der Waals surface area contributed by atoms with Crippen molar-refractivity contribution in [2.45, 2.75) is 12.7 Å². The molecule has 0 aromatic heterocycles. The molecule has 2 rings (SSSR count). The maximum absolute atomic E-state index is 11.8. The number of hydrogen-bond acceptors (Lipinski definition) is 4. The fraction of sp³-hybridized carbons (Fsp3) is 0.222. The first-order chi connectivity index (χ1) is 11.6. The molecule has 0 radical (unpaired) electrons. The van der Waals surface area contributed by atoms with Crippen LogP contribution in [0, 0.1) is 6.92 Å². The van der Waals surface area contributed by atoms with E-state index in [1.165, 1.54) is 11.1 Å². The lowest BCUT2D eigenvalue weighted by Gasteiger charge is -2.05. The van der Waals surface area contributed by atoms with Crippen LogP contribution in [0.25, 0.3) is 0 Å². The maximum Gasteiger partial charge on any atom is 0.250 e. The van der Waals surface area contributed by atoms with E-state index in [1.807, 2.05) is 18.2 Å². The van der Waals surface area contributed by atoms with E-state index in [9.17, 15) is 4.79 Å².